The third-order valence-corrected chi connectivity index (χ3v) is 4.94. The van der Waals surface area contributed by atoms with E-state index in [1.54, 1.807) is 13.4 Å². The van der Waals surface area contributed by atoms with Gasteiger partial charge in [0.25, 0.3) is 11.7 Å². The minimum absolute atomic E-state index is 0.0485. The number of nitrogens with zero attached hydrogens (tertiary/aromatic N) is 6. The Bertz CT molecular complexity index is 944. The van der Waals surface area contributed by atoms with E-state index in [-0.39, 0.29) is 5.91 Å². The van der Waals surface area contributed by atoms with Crippen molar-refractivity contribution in [2.24, 2.45) is 0 Å². The molecule has 0 spiro atoms. The third-order valence-electron chi connectivity index (χ3n) is 4.94. The summed E-state index contributed by atoms with van der Waals surface area (Å²) in [6.07, 6.45) is 2.57. The molecule has 0 radical (unpaired) electrons. The standard InChI is InChI=1S/C19H22N6O2/c1-3-15-12-17(21-19-22-20-13-25(15)19)23-8-10-24(11-9-23)18(26)14-4-6-16(27-2)7-5-14/h4-7,12-13H,3,8-11H2,1-2H3. The van der Waals surface area contributed by atoms with Gasteiger partial charge in [0.2, 0.25) is 0 Å². The van der Waals surface area contributed by atoms with E-state index < -0.39 is 0 Å². The monoisotopic (exact) mass is 366 g/mol. The number of piperazine rings is 1. The number of rotatable bonds is 4. The van der Waals surface area contributed by atoms with Crippen molar-refractivity contribution in [1.29, 1.82) is 0 Å². The van der Waals surface area contributed by atoms with Crippen LogP contribution < -0.4 is 9.64 Å². The molecule has 0 unspecified atom stereocenters. The van der Waals surface area contributed by atoms with Gasteiger partial charge >= 0.3 is 0 Å². The second kappa shape index (κ2) is 7.22. The number of benzene rings is 1. The van der Waals surface area contributed by atoms with Gasteiger partial charge in [0, 0.05) is 43.5 Å². The quantitative estimate of drug-likeness (QED) is 0.699. The Balaban J connectivity index is 1.46. The van der Waals surface area contributed by atoms with Crippen LogP contribution in [0.3, 0.4) is 0 Å². The number of aryl methyl sites for hydroxylation is 1. The predicted molar refractivity (Wildman–Crippen MR) is 101 cm³/mol. The summed E-state index contributed by atoms with van der Waals surface area (Å²) in [5.74, 6) is 2.30. The molecule has 2 aromatic heterocycles. The summed E-state index contributed by atoms with van der Waals surface area (Å²) in [5, 5.41) is 8.03. The molecule has 8 nitrogen and oxygen atoms in total. The zero-order chi connectivity index (χ0) is 18.8. The maximum absolute atomic E-state index is 12.7. The predicted octanol–water partition coefficient (Wildman–Crippen LogP) is 1.66. The molecule has 1 saturated heterocycles. The average molecular weight is 366 g/mol. The van der Waals surface area contributed by atoms with Crippen LogP contribution in [-0.2, 0) is 6.42 Å². The van der Waals surface area contributed by atoms with Gasteiger partial charge in [-0.3, -0.25) is 9.20 Å². The van der Waals surface area contributed by atoms with Gasteiger partial charge in [0.1, 0.15) is 17.9 Å². The highest BCUT2D eigenvalue weighted by molar-refractivity contribution is 5.94. The van der Waals surface area contributed by atoms with Crippen LogP contribution in [-0.4, -0.2) is 63.7 Å². The molecular weight excluding hydrogens is 344 g/mol. The first-order chi connectivity index (χ1) is 13.2. The molecule has 0 N–H and O–H groups in total. The fraction of sp³-hybridized carbons (Fsp3) is 0.368. The lowest BCUT2D eigenvalue weighted by Gasteiger charge is -2.35. The van der Waals surface area contributed by atoms with Crippen molar-refractivity contribution in [3.05, 3.63) is 47.9 Å². The molecular formula is C19H22N6O2. The van der Waals surface area contributed by atoms with Gasteiger partial charge in [-0.05, 0) is 30.7 Å². The lowest BCUT2D eigenvalue weighted by molar-refractivity contribution is 0.0746. The molecule has 4 rings (SSSR count). The zero-order valence-corrected chi connectivity index (χ0v) is 15.5. The van der Waals surface area contributed by atoms with Crippen molar-refractivity contribution in [2.45, 2.75) is 13.3 Å². The van der Waals surface area contributed by atoms with E-state index in [9.17, 15) is 4.79 Å². The maximum atomic E-state index is 12.7. The molecule has 27 heavy (non-hydrogen) atoms. The number of carbonyl (C=O) groups is 1. The third kappa shape index (κ3) is 3.30. The van der Waals surface area contributed by atoms with Gasteiger partial charge in [-0.25, -0.2) is 0 Å². The highest BCUT2D eigenvalue weighted by Gasteiger charge is 2.23. The Morgan fingerprint density at radius 2 is 1.89 bits per heavy atom. The largest absolute Gasteiger partial charge is 0.497 e. The van der Waals surface area contributed by atoms with Gasteiger partial charge in [-0.1, -0.05) is 6.92 Å². The molecule has 1 amide bonds. The Kier molecular flexibility index (Phi) is 4.62. The summed E-state index contributed by atoms with van der Waals surface area (Å²) in [6, 6.07) is 9.32. The molecule has 0 saturated carbocycles. The van der Waals surface area contributed by atoms with Gasteiger partial charge in [-0.15, -0.1) is 10.2 Å². The Morgan fingerprint density at radius 3 is 2.56 bits per heavy atom. The Hall–Kier alpha value is -3.16. The summed E-state index contributed by atoms with van der Waals surface area (Å²) < 4.78 is 7.06. The summed E-state index contributed by atoms with van der Waals surface area (Å²) in [6.45, 7) is 4.90. The first-order valence-electron chi connectivity index (χ1n) is 9.07. The number of ether oxygens (including phenoxy) is 1. The highest BCUT2D eigenvalue weighted by atomic mass is 16.5. The van der Waals surface area contributed by atoms with E-state index >= 15 is 0 Å². The van der Waals surface area contributed by atoms with Crippen LogP contribution in [0.15, 0.2) is 36.7 Å². The lowest BCUT2D eigenvalue weighted by atomic mass is 10.1. The van der Waals surface area contributed by atoms with Crippen LogP contribution in [0, 0.1) is 0 Å². The molecule has 0 bridgehead atoms. The van der Waals surface area contributed by atoms with Crippen LogP contribution in [0.2, 0.25) is 0 Å². The topological polar surface area (TPSA) is 75.9 Å². The molecule has 1 aromatic carbocycles. The molecule has 1 aliphatic heterocycles. The number of hydrogen-bond donors (Lipinski definition) is 0. The van der Waals surface area contributed by atoms with E-state index in [1.807, 2.05) is 33.6 Å². The van der Waals surface area contributed by atoms with E-state index in [1.165, 1.54) is 0 Å². The second-order valence-electron chi connectivity index (χ2n) is 6.47. The first kappa shape index (κ1) is 17.3. The normalized spacial score (nSPS) is 14.6. The van der Waals surface area contributed by atoms with Crippen molar-refractivity contribution >= 4 is 17.5 Å². The van der Waals surface area contributed by atoms with Crippen molar-refractivity contribution in [3.63, 3.8) is 0 Å². The van der Waals surface area contributed by atoms with E-state index in [0.717, 1.165) is 36.8 Å². The Morgan fingerprint density at radius 1 is 1.15 bits per heavy atom. The molecule has 8 heteroatoms. The lowest BCUT2D eigenvalue weighted by Crippen LogP contribution is -2.49. The van der Waals surface area contributed by atoms with Crippen molar-refractivity contribution in [3.8, 4) is 5.75 Å². The minimum Gasteiger partial charge on any atom is -0.497 e. The van der Waals surface area contributed by atoms with Gasteiger partial charge in [0.05, 0.1) is 7.11 Å². The highest BCUT2D eigenvalue weighted by Crippen LogP contribution is 2.19. The summed E-state index contributed by atoms with van der Waals surface area (Å²) >= 11 is 0. The first-order valence-corrected chi connectivity index (χ1v) is 9.07. The van der Waals surface area contributed by atoms with Crippen LogP contribution >= 0.6 is 0 Å². The van der Waals surface area contributed by atoms with Crippen LogP contribution in [0.1, 0.15) is 23.0 Å². The van der Waals surface area contributed by atoms with Crippen molar-refractivity contribution in [2.75, 3.05) is 38.2 Å². The fourth-order valence-corrected chi connectivity index (χ4v) is 3.35. The van der Waals surface area contributed by atoms with E-state index in [4.69, 9.17) is 4.74 Å². The summed E-state index contributed by atoms with van der Waals surface area (Å²) in [4.78, 5) is 21.4. The number of carbonyl (C=O) groups excluding carboxylic acids is 1. The van der Waals surface area contributed by atoms with Gasteiger partial charge < -0.3 is 14.5 Å². The van der Waals surface area contributed by atoms with Crippen molar-refractivity contribution < 1.29 is 9.53 Å². The number of methoxy groups -OCH3 is 1. The minimum atomic E-state index is 0.0485. The van der Waals surface area contributed by atoms with Gasteiger partial charge in [-0.2, -0.15) is 4.98 Å². The van der Waals surface area contributed by atoms with Gasteiger partial charge in [0.15, 0.2) is 0 Å². The van der Waals surface area contributed by atoms with Crippen LogP contribution in [0.5, 0.6) is 5.75 Å². The van der Waals surface area contributed by atoms with Crippen LogP contribution in [0.4, 0.5) is 5.82 Å². The second-order valence-corrected chi connectivity index (χ2v) is 6.47. The van der Waals surface area contributed by atoms with Crippen molar-refractivity contribution in [1.82, 2.24) is 24.5 Å². The number of hydrogen-bond acceptors (Lipinski definition) is 6. The molecule has 140 valence electrons. The number of amides is 1. The number of aromatic nitrogens is 4. The molecule has 0 atom stereocenters. The molecule has 1 fully saturated rings. The Labute approximate surface area is 157 Å². The molecule has 3 heterocycles. The number of fused-ring (bicyclic) bond motifs is 1. The van der Waals surface area contributed by atoms with E-state index in [0.29, 0.717) is 24.4 Å². The number of anilines is 1. The average Bonchev–Trinajstić information content (AvgIpc) is 3.21. The van der Waals surface area contributed by atoms with E-state index in [2.05, 4.69) is 33.1 Å². The SMILES string of the molecule is CCc1cc(N2CCN(C(=O)c3ccc(OC)cc3)CC2)nc2nncn12. The molecule has 1 aliphatic rings. The van der Waals surface area contributed by atoms with Crippen LogP contribution in [0.25, 0.3) is 5.78 Å². The summed E-state index contributed by atoms with van der Waals surface area (Å²) in [7, 11) is 1.62. The molecule has 0 aliphatic carbocycles. The zero-order valence-electron chi connectivity index (χ0n) is 15.5. The maximum Gasteiger partial charge on any atom is 0.256 e. The molecule has 3 aromatic rings. The summed E-state index contributed by atoms with van der Waals surface area (Å²) in [5.41, 5.74) is 1.80. The smallest absolute Gasteiger partial charge is 0.256 e. The fourth-order valence-electron chi connectivity index (χ4n) is 3.35.